The van der Waals surface area contributed by atoms with Crippen LogP contribution in [-0.2, 0) is 0 Å². The standard InChI is InChI=1S/C15H17FN4O/c1-3-20(4-2)15-18-12(9-13(19-15)14(17)21)10-6-5-7-11(16)8-10/h5-9H,3-4H2,1-2H3,(H2,17,21). The fraction of sp³-hybridized carbons (Fsp3) is 0.267. The van der Waals surface area contributed by atoms with Gasteiger partial charge in [-0.25, -0.2) is 14.4 Å². The van der Waals surface area contributed by atoms with Gasteiger partial charge in [-0.15, -0.1) is 0 Å². The summed E-state index contributed by atoms with van der Waals surface area (Å²) in [5.41, 5.74) is 6.49. The molecule has 0 aliphatic rings. The van der Waals surface area contributed by atoms with Gasteiger partial charge in [0.1, 0.15) is 11.5 Å². The van der Waals surface area contributed by atoms with Crippen molar-refractivity contribution < 1.29 is 9.18 Å². The Kier molecular flexibility index (Phi) is 4.47. The summed E-state index contributed by atoms with van der Waals surface area (Å²) >= 11 is 0. The predicted octanol–water partition coefficient (Wildman–Crippen LogP) is 2.23. The van der Waals surface area contributed by atoms with Crippen molar-refractivity contribution in [3.63, 3.8) is 0 Å². The van der Waals surface area contributed by atoms with Crippen LogP contribution >= 0.6 is 0 Å². The Labute approximate surface area is 122 Å². The molecular weight excluding hydrogens is 271 g/mol. The van der Waals surface area contributed by atoms with Gasteiger partial charge in [0, 0.05) is 18.7 Å². The number of hydrogen-bond donors (Lipinski definition) is 1. The Balaban J connectivity index is 2.57. The molecule has 0 unspecified atom stereocenters. The summed E-state index contributed by atoms with van der Waals surface area (Å²) in [6, 6.07) is 7.50. The lowest BCUT2D eigenvalue weighted by Gasteiger charge is -2.19. The van der Waals surface area contributed by atoms with Crippen molar-refractivity contribution in [3.05, 3.63) is 41.8 Å². The number of nitrogens with two attached hydrogens (primary N) is 1. The fourth-order valence-electron chi connectivity index (χ4n) is 2.00. The maximum Gasteiger partial charge on any atom is 0.267 e. The second-order valence-electron chi connectivity index (χ2n) is 4.49. The number of amides is 1. The van der Waals surface area contributed by atoms with Gasteiger partial charge in [0.15, 0.2) is 0 Å². The molecule has 21 heavy (non-hydrogen) atoms. The minimum Gasteiger partial charge on any atom is -0.364 e. The van der Waals surface area contributed by atoms with Crippen LogP contribution in [0.5, 0.6) is 0 Å². The quantitative estimate of drug-likeness (QED) is 0.915. The zero-order chi connectivity index (χ0) is 15.4. The van der Waals surface area contributed by atoms with E-state index in [4.69, 9.17) is 5.73 Å². The molecule has 1 aromatic heterocycles. The van der Waals surface area contributed by atoms with E-state index in [-0.39, 0.29) is 11.5 Å². The number of anilines is 1. The maximum absolute atomic E-state index is 13.4. The number of halogens is 1. The first-order chi connectivity index (χ1) is 10.0. The third-order valence-corrected chi connectivity index (χ3v) is 3.13. The van der Waals surface area contributed by atoms with Crippen LogP contribution in [0.4, 0.5) is 10.3 Å². The van der Waals surface area contributed by atoms with E-state index in [2.05, 4.69) is 9.97 Å². The Morgan fingerprint density at radius 3 is 2.52 bits per heavy atom. The molecule has 0 spiro atoms. The number of carbonyl (C=O) groups excluding carboxylic acids is 1. The number of carbonyl (C=O) groups is 1. The predicted molar refractivity (Wildman–Crippen MR) is 79.5 cm³/mol. The van der Waals surface area contributed by atoms with Crippen LogP contribution < -0.4 is 10.6 Å². The van der Waals surface area contributed by atoms with Crippen LogP contribution in [0, 0.1) is 5.82 Å². The molecule has 2 N–H and O–H groups in total. The van der Waals surface area contributed by atoms with Gasteiger partial charge in [-0.1, -0.05) is 12.1 Å². The molecule has 5 nitrogen and oxygen atoms in total. The van der Waals surface area contributed by atoms with Crippen LogP contribution in [0.15, 0.2) is 30.3 Å². The summed E-state index contributed by atoms with van der Waals surface area (Å²) < 4.78 is 13.4. The van der Waals surface area contributed by atoms with E-state index in [9.17, 15) is 9.18 Å². The van der Waals surface area contributed by atoms with Crippen molar-refractivity contribution in [1.29, 1.82) is 0 Å². The summed E-state index contributed by atoms with van der Waals surface area (Å²) in [5.74, 6) is -0.588. The number of nitrogens with zero attached hydrogens (tertiary/aromatic N) is 3. The minimum atomic E-state index is -0.636. The zero-order valence-electron chi connectivity index (χ0n) is 12.0. The highest BCUT2D eigenvalue weighted by molar-refractivity contribution is 5.92. The van der Waals surface area contributed by atoms with Gasteiger partial charge < -0.3 is 10.6 Å². The lowest BCUT2D eigenvalue weighted by molar-refractivity contribution is 0.0995. The van der Waals surface area contributed by atoms with Crippen molar-refractivity contribution >= 4 is 11.9 Å². The van der Waals surface area contributed by atoms with Gasteiger partial charge in [-0.3, -0.25) is 4.79 Å². The largest absolute Gasteiger partial charge is 0.364 e. The van der Waals surface area contributed by atoms with Gasteiger partial charge in [0.2, 0.25) is 5.95 Å². The van der Waals surface area contributed by atoms with E-state index in [1.54, 1.807) is 12.1 Å². The fourth-order valence-corrected chi connectivity index (χ4v) is 2.00. The number of rotatable bonds is 5. The van der Waals surface area contributed by atoms with Gasteiger partial charge >= 0.3 is 0 Å². The molecule has 0 fully saturated rings. The summed E-state index contributed by atoms with van der Waals surface area (Å²) in [6.45, 7) is 5.32. The van der Waals surface area contributed by atoms with Crippen LogP contribution in [0.2, 0.25) is 0 Å². The zero-order valence-corrected chi connectivity index (χ0v) is 12.0. The number of benzene rings is 1. The monoisotopic (exact) mass is 288 g/mol. The maximum atomic E-state index is 13.4. The molecule has 0 radical (unpaired) electrons. The van der Waals surface area contributed by atoms with E-state index in [0.717, 1.165) is 0 Å². The molecule has 6 heteroatoms. The molecule has 0 saturated heterocycles. The van der Waals surface area contributed by atoms with Crippen LogP contribution in [0.25, 0.3) is 11.3 Å². The average molecular weight is 288 g/mol. The molecule has 0 aliphatic heterocycles. The molecule has 0 aliphatic carbocycles. The summed E-state index contributed by atoms with van der Waals surface area (Å²) in [7, 11) is 0. The van der Waals surface area contributed by atoms with E-state index in [1.807, 2.05) is 18.7 Å². The highest BCUT2D eigenvalue weighted by Gasteiger charge is 2.14. The first-order valence-electron chi connectivity index (χ1n) is 6.75. The van der Waals surface area contributed by atoms with Crippen LogP contribution in [0.1, 0.15) is 24.3 Å². The summed E-state index contributed by atoms with van der Waals surface area (Å²) in [4.78, 5) is 21.9. The van der Waals surface area contributed by atoms with E-state index in [0.29, 0.717) is 30.3 Å². The SMILES string of the molecule is CCN(CC)c1nc(C(N)=O)cc(-c2cccc(F)c2)n1. The molecule has 1 amide bonds. The molecule has 0 saturated carbocycles. The Morgan fingerprint density at radius 2 is 1.95 bits per heavy atom. The summed E-state index contributed by atoms with van der Waals surface area (Å²) in [5, 5.41) is 0. The molecule has 0 atom stereocenters. The van der Waals surface area contributed by atoms with Gasteiger partial charge in [0.25, 0.3) is 5.91 Å². The molecule has 2 rings (SSSR count). The molecule has 0 bridgehead atoms. The first kappa shape index (κ1) is 14.9. The Hall–Kier alpha value is -2.50. The van der Waals surface area contributed by atoms with Gasteiger partial charge in [0.05, 0.1) is 5.69 Å². The second-order valence-corrected chi connectivity index (χ2v) is 4.49. The number of hydrogen-bond acceptors (Lipinski definition) is 4. The summed E-state index contributed by atoms with van der Waals surface area (Å²) in [6.07, 6.45) is 0. The van der Waals surface area contributed by atoms with Crippen LogP contribution in [-0.4, -0.2) is 29.0 Å². The van der Waals surface area contributed by atoms with Crippen LogP contribution in [0.3, 0.4) is 0 Å². The molecule has 110 valence electrons. The van der Waals surface area contributed by atoms with Crippen molar-refractivity contribution in [2.24, 2.45) is 5.73 Å². The third-order valence-electron chi connectivity index (χ3n) is 3.13. The lowest BCUT2D eigenvalue weighted by atomic mass is 10.1. The first-order valence-corrected chi connectivity index (χ1v) is 6.75. The molecule has 2 aromatic rings. The van der Waals surface area contributed by atoms with E-state index < -0.39 is 5.91 Å². The topological polar surface area (TPSA) is 72.1 Å². The van der Waals surface area contributed by atoms with Crippen molar-refractivity contribution in [2.45, 2.75) is 13.8 Å². The van der Waals surface area contributed by atoms with E-state index in [1.165, 1.54) is 18.2 Å². The Bertz CT molecular complexity index is 656. The Morgan fingerprint density at radius 1 is 1.24 bits per heavy atom. The highest BCUT2D eigenvalue weighted by Crippen LogP contribution is 2.21. The normalized spacial score (nSPS) is 10.4. The van der Waals surface area contributed by atoms with Gasteiger partial charge in [-0.05, 0) is 32.0 Å². The number of primary amides is 1. The van der Waals surface area contributed by atoms with E-state index >= 15 is 0 Å². The average Bonchev–Trinajstić information content (AvgIpc) is 2.48. The van der Waals surface area contributed by atoms with Crippen molar-refractivity contribution in [1.82, 2.24) is 9.97 Å². The van der Waals surface area contributed by atoms with Gasteiger partial charge in [-0.2, -0.15) is 0 Å². The number of aromatic nitrogens is 2. The molecule has 1 heterocycles. The lowest BCUT2D eigenvalue weighted by Crippen LogP contribution is -2.26. The molecule has 1 aromatic carbocycles. The van der Waals surface area contributed by atoms with Crippen molar-refractivity contribution in [3.8, 4) is 11.3 Å². The molecular formula is C15H17FN4O. The smallest absolute Gasteiger partial charge is 0.267 e. The highest BCUT2D eigenvalue weighted by atomic mass is 19.1. The second kappa shape index (κ2) is 6.30. The third kappa shape index (κ3) is 3.34. The van der Waals surface area contributed by atoms with Crippen molar-refractivity contribution in [2.75, 3.05) is 18.0 Å². The minimum absolute atomic E-state index is 0.117.